The van der Waals surface area contributed by atoms with Crippen LogP contribution in [0.15, 0.2) is 174 Å². The Morgan fingerprint density at radius 2 is 1.02 bits per heavy atom. The van der Waals surface area contributed by atoms with Gasteiger partial charge in [0, 0.05) is 38.4 Å². The normalized spacial score (nSPS) is 11.8. The van der Waals surface area contributed by atoms with Gasteiger partial charge in [-0.2, -0.15) is 0 Å². The molecule has 0 radical (unpaired) electrons. The van der Waals surface area contributed by atoms with Crippen molar-refractivity contribution in [2.75, 3.05) is 0 Å². The van der Waals surface area contributed by atoms with Gasteiger partial charge in [-0.25, -0.2) is 15.0 Å². The molecule has 0 unspecified atom stereocenters. The molecule has 0 fully saturated rings. The Morgan fingerprint density at radius 1 is 0.385 bits per heavy atom. The number of nitrogens with zero attached hydrogens (tertiary/aromatic N) is 4. The van der Waals surface area contributed by atoms with E-state index in [9.17, 15) is 0 Å². The molecule has 11 aromatic rings. The summed E-state index contributed by atoms with van der Waals surface area (Å²) in [6.45, 7) is 0. The lowest BCUT2D eigenvalue weighted by Gasteiger charge is -2.13. The summed E-state index contributed by atoms with van der Waals surface area (Å²) >= 11 is 0. The highest BCUT2D eigenvalue weighted by molar-refractivity contribution is 6.15. The third-order valence-corrected chi connectivity index (χ3v) is 10.2. The summed E-state index contributed by atoms with van der Waals surface area (Å²) in [7, 11) is 0. The molecule has 3 aromatic heterocycles. The van der Waals surface area contributed by atoms with E-state index in [0.717, 1.165) is 60.7 Å². The van der Waals surface area contributed by atoms with Gasteiger partial charge in [-0.15, -0.1) is 0 Å². The molecule has 242 valence electrons. The Balaban J connectivity index is 1.24. The maximum atomic E-state index is 6.68. The standard InChI is InChI=1S/C47H28N4O/c1-2-13-30(14-3-1)45-48-46(34-23-22-29-12-4-5-15-31(29)24-34)50-47(49-45)40-28-35(27-39-37-19-9-11-21-43(37)52-44(39)40)51-41-20-10-8-18-36(41)38-25-32-16-6-7-17-33(32)26-42(38)51/h1-28H. The average molecular weight is 665 g/mol. The van der Waals surface area contributed by atoms with Crippen molar-refractivity contribution in [1.82, 2.24) is 19.5 Å². The zero-order chi connectivity index (χ0) is 34.2. The van der Waals surface area contributed by atoms with Gasteiger partial charge >= 0.3 is 0 Å². The zero-order valence-corrected chi connectivity index (χ0v) is 27.9. The number of aromatic nitrogens is 4. The summed E-state index contributed by atoms with van der Waals surface area (Å²) in [6.07, 6.45) is 0. The van der Waals surface area contributed by atoms with Crippen LogP contribution in [0.3, 0.4) is 0 Å². The van der Waals surface area contributed by atoms with Crippen LogP contribution < -0.4 is 0 Å². The molecule has 5 nitrogen and oxygen atoms in total. The molecule has 0 bridgehead atoms. The lowest BCUT2D eigenvalue weighted by molar-refractivity contribution is 0.669. The van der Waals surface area contributed by atoms with E-state index in [4.69, 9.17) is 19.4 Å². The van der Waals surface area contributed by atoms with E-state index in [1.807, 2.05) is 42.5 Å². The number of benzene rings is 8. The molecule has 0 N–H and O–H groups in total. The van der Waals surface area contributed by atoms with Gasteiger partial charge in [0.1, 0.15) is 11.2 Å². The Bertz CT molecular complexity index is 3190. The molecule has 0 aliphatic rings. The minimum Gasteiger partial charge on any atom is -0.455 e. The third-order valence-electron chi connectivity index (χ3n) is 10.2. The van der Waals surface area contributed by atoms with Crippen LogP contribution in [0.5, 0.6) is 0 Å². The fourth-order valence-corrected chi connectivity index (χ4v) is 7.71. The summed E-state index contributed by atoms with van der Waals surface area (Å²) in [5.74, 6) is 1.76. The Labute approximate surface area is 298 Å². The van der Waals surface area contributed by atoms with E-state index >= 15 is 0 Å². The minimum atomic E-state index is 0.550. The molecule has 0 aliphatic heterocycles. The number of hydrogen-bond acceptors (Lipinski definition) is 4. The SMILES string of the molecule is c1ccc(-c2nc(-c3ccc4ccccc4c3)nc(-c3cc(-n4c5ccccc5c5cc6ccccc6cc54)cc4c3oc3ccccc34)n2)cc1. The van der Waals surface area contributed by atoms with E-state index in [1.165, 1.54) is 26.9 Å². The van der Waals surface area contributed by atoms with Crippen molar-refractivity contribution in [2.45, 2.75) is 0 Å². The van der Waals surface area contributed by atoms with Gasteiger partial charge < -0.3 is 8.98 Å². The monoisotopic (exact) mass is 664 g/mol. The largest absolute Gasteiger partial charge is 0.455 e. The molecular weight excluding hydrogens is 637 g/mol. The molecule has 0 spiro atoms. The topological polar surface area (TPSA) is 56.7 Å². The van der Waals surface area contributed by atoms with E-state index in [-0.39, 0.29) is 0 Å². The van der Waals surface area contributed by atoms with Crippen LogP contribution in [0, 0.1) is 0 Å². The lowest BCUT2D eigenvalue weighted by atomic mass is 10.0. The lowest BCUT2D eigenvalue weighted by Crippen LogP contribution is -2.01. The number of rotatable bonds is 4. The summed E-state index contributed by atoms with van der Waals surface area (Å²) in [4.78, 5) is 15.5. The fraction of sp³-hybridized carbons (Fsp3) is 0. The third kappa shape index (κ3) is 4.46. The second-order valence-corrected chi connectivity index (χ2v) is 13.3. The van der Waals surface area contributed by atoms with Crippen LogP contribution in [-0.2, 0) is 0 Å². The van der Waals surface area contributed by atoms with Crippen molar-refractivity contribution in [3.05, 3.63) is 170 Å². The predicted octanol–water partition coefficient (Wildman–Crippen LogP) is 12.2. The van der Waals surface area contributed by atoms with Crippen molar-refractivity contribution in [3.63, 3.8) is 0 Å². The zero-order valence-electron chi connectivity index (χ0n) is 27.9. The average Bonchev–Trinajstić information content (AvgIpc) is 3.75. The van der Waals surface area contributed by atoms with Crippen molar-refractivity contribution >= 4 is 65.3 Å². The van der Waals surface area contributed by atoms with E-state index < -0.39 is 0 Å². The first-order valence-electron chi connectivity index (χ1n) is 17.4. The Kier molecular flexibility index (Phi) is 6.18. The molecule has 0 atom stereocenters. The minimum absolute atomic E-state index is 0.550. The van der Waals surface area contributed by atoms with Crippen LogP contribution in [0.2, 0.25) is 0 Å². The van der Waals surface area contributed by atoms with E-state index in [1.54, 1.807) is 0 Å². The molecule has 8 aromatic carbocycles. The summed E-state index contributed by atoms with van der Waals surface area (Å²) in [5.41, 5.74) is 7.47. The molecule has 0 amide bonds. The van der Waals surface area contributed by atoms with Crippen LogP contribution in [0.4, 0.5) is 0 Å². The Morgan fingerprint density at radius 3 is 1.85 bits per heavy atom. The van der Waals surface area contributed by atoms with Gasteiger partial charge in [-0.05, 0) is 64.0 Å². The molecule has 3 heterocycles. The molecule has 0 aliphatic carbocycles. The van der Waals surface area contributed by atoms with Gasteiger partial charge in [0.2, 0.25) is 0 Å². The van der Waals surface area contributed by atoms with Crippen molar-refractivity contribution in [1.29, 1.82) is 0 Å². The number of para-hydroxylation sites is 2. The van der Waals surface area contributed by atoms with Gasteiger partial charge in [-0.1, -0.05) is 127 Å². The highest BCUT2D eigenvalue weighted by atomic mass is 16.3. The molecular formula is C47H28N4O. The van der Waals surface area contributed by atoms with Crippen molar-refractivity contribution < 1.29 is 4.42 Å². The smallest absolute Gasteiger partial charge is 0.167 e. The molecule has 11 rings (SSSR count). The second-order valence-electron chi connectivity index (χ2n) is 13.3. The molecule has 5 heteroatoms. The van der Waals surface area contributed by atoms with Crippen LogP contribution in [-0.4, -0.2) is 19.5 Å². The van der Waals surface area contributed by atoms with Crippen LogP contribution >= 0.6 is 0 Å². The number of furan rings is 1. The van der Waals surface area contributed by atoms with Gasteiger partial charge in [-0.3, -0.25) is 0 Å². The first-order chi connectivity index (χ1) is 25.7. The molecule has 0 saturated heterocycles. The van der Waals surface area contributed by atoms with Crippen LogP contribution in [0.1, 0.15) is 0 Å². The van der Waals surface area contributed by atoms with Gasteiger partial charge in [0.05, 0.1) is 16.6 Å². The number of fused-ring (bicyclic) bond motifs is 8. The summed E-state index contributed by atoms with van der Waals surface area (Å²) in [5, 5.41) is 9.16. The second kappa shape index (κ2) is 11.2. The predicted molar refractivity (Wildman–Crippen MR) is 213 cm³/mol. The fourth-order valence-electron chi connectivity index (χ4n) is 7.71. The first-order valence-corrected chi connectivity index (χ1v) is 17.4. The van der Waals surface area contributed by atoms with Crippen molar-refractivity contribution in [3.8, 4) is 39.9 Å². The van der Waals surface area contributed by atoms with Gasteiger partial charge in [0.15, 0.2) is 17.5 Å². The molecule has 52 heavy (non-hydrogen) atoms. The van der Waals surface area contributed by atoms with Crippen LogP contribution in [0.25, 0.3) is 105 Å². The summed E-state index contributed by atoms with van der Waals surface area (Å²) in [6, 6.07) is 59.3. The molecule has 0 saturated carbocycles. The van der Waals surface area contributed by atoms with E-state index in [2.05, 4.69) is 132 Å². The van der Waals surface area contributed by atoms with E-state index in [0.29, 0.717) is 17.5 Å². The maximum Gasteiger partial charge on any atom is 0.167 e. The number of hydrogen-bond donors (Lipinski definition) is 0. The quantitative estimate of drug-likeness (QED) is 0.188. The maximum absolute atomic E-state index is 6.68. The van der Waals surface area contributed by atoms with Gasteiger partial charge in [0.25, 0.3) is 0 Å². The Hall–Kier alpha value is -7.11. The first kappa shape index (κ1) is 28.7. The highest BCUT2D eigenvalue weighted by Crippen LogP contribution is 2.41. The summed E-state index contributed by atoms with van der Waals surface area (Å²) < 4.78 is 9.05. The highest BCUT2D eigenvalue weighted by Gasteiger charge is 2.22. The van der Waals surface area contributed by atoms with Crippen molar-refractivity contribution in [2.24, 2.45) is 0 Å².